The number of rotatable bonds is 10. The molecule has 2 rings (SSSR count). The number of aryl methyl sites for hydroxylation is 1. The van der Waals surface area contributed by atoms with Crippen LogP contribution in [-0.2, 0) is 27.2 Å². The fraction of sp³-hybridized carbons (Fsp3) is 0.391. The Kier molecular flexibility index (Phi) is 8.53. The van der Waals surface area contributed by atoms with Crippen molar-refractivity contribution in [1.29, 1.82) is 0 Å². The minimum Gasteiger partial charge on any atom is -0.497 e. The molecule has 1 unspecified atom stereocenters. The van der Waals surface area contributed by atoms with Gasteiger partial charge in [0, 0.05) is 19.5 Å². The minimum atomic E-state index is -0.360. The molecule has 1 atom stereocenters. The number of ether oxygens (including phenoxy) is 2. The fourth-order valence-electron chi connectivity index (χ4n) is 3.03. The maximum absolute atomic E-state index is 12.8. The molecule has 0 radical (unpaired) electrons. The van der Waals surface area contributed by atoms with Crippen LogP contribution in [0.2, 0.25) is 0 Å². The molecule has 2 aromatic rings. The van der Waals surface area contributed by atoms with E-state index in [2.05, 4.69) is 0 Å². The van der Waals surface area contributed by atoms with Gasteiger partial charge in [0.05, 0.1) is 20.1 Å². The average Bonchev–Trinajstić information content (AvgIpc) is 2.75. The maximum Gasteiger partial charge on any atom is 0.310 e. The number of amides is 1. The van der Waals surface area contributed by atoms with Crippen molar-refractivity contribution in [2.75, 3.05) is 27.3 Å². The van der Waals surface area contributed by atoms with Crippen LogP contribution in [0, 0.1) is 5.92 Å². The molecule has 0 aliphatic carbocycles. The van der Waals surface area contributed by atoms with Gasteiger partial charge >= 0.3 is 5.97 Å². The molecule has 5 nitrogen and oxygen atoms in total. The lowest BCUT2D eigenvalue weighted by molar-refractivity contribution is -0.146. The van der Waals surface area contributed by atoms with Crippen molar-refractivity contribution in [2.24, 2.45) is 5.92 Å². The van der Waals surface area contributed by atoms with Crippen molar-refractivity contribution >= 4 is 11.9 Å². The van der Waals surface area contributed by atoms with Gasteiger partial charge in [-0.2, -0.15) is 0 Å². The van der Waals surface area contributed by atoms with Crippen LogP contribution in [0.15, 0.2) is 54.6 Å². The zero-order valence-corrected chi connectivity index (χ0v) is 16.9. The summed E-state index contributed by atoms with van der Waals surface area (Å²) < 4.78 is 10.0. The van der Waals surface area contributed by atoms with E-state index >= 15 is 0 Å². The van der Waals surface area contributed by atoms with E-state index in [1.807, 2.05) is 54.6 Å². The molecule has 0 bridgehead atoms. The van der Waals surface area contributed by atoms with Crippen molar-refractivity contribution in [2.45, 2.75) is 26.2 Å². The molecule has 0 spiro atoms. The van der Waals surface area contributed by atoms with E-state index in [0.29, 0.717) is 25.9 Å². The lowest BCUT2D eigenvalue weighted by atomic mass is 10.1. The first-order valence-electron chi connectivity index (χ1n) is 9.56. The number of nitrogens with zero attached hydrogens (tertiary/aromatic N) is 1. The van der Waals surface area contributed by atoms with Crippen LogP contribution in [0.25, 0.3) is 0 Å². The Morgan fingerprint density at radius 3 is 2.18 bits per heavy atom. The van der Waals surface area contributed by atoms with Crippen molar-refractivity contribution < 1.29 is 19.1 Å². The van der Waals surface area contributed by atoms with Crippen LogP contribution in [-0.4, -0.2) is 44.1 Å². The van der Waals surface area contributed by atoms with E-state index in [0.717, 1.165) is 23.3 Å². The first-order valence-corrected chi connectivity index (χ1v) is 9.56. The van der Waals surface area contributed by atoms with Gasteiger partial charge in [0.2, 0.25) is 5.91 Å². The Balaban J connectivity index is 1.99. The quantitative estimate of drug-likeness (QED) is 0.589. The molecule has 0 aliphatic heterocycles. The van der Waals surface area contributed by atoms with Gasteiger partial charge in [0.1, 0.15) is 5.75 Å². The number of carbonyl (C=O) groups excluding carboxylic acids is 2. The molecule has 0 fully saturated rings. The largest absolute Gasteiger partial charge is 0.497 e. The minimum absolute atomic E-state index is 0.0492. The van der Waals surface area contributed by atoms with Crippen molar-refractivity contribution in [1.82, 2.24) is 4.90 Å². The monoisotopic (exact) mass is 383 g/mol. The van der Waals surface area contributed by atoms with Gasteiger partial charge < -0.3 is 14.4 Å². The molecular weight excluding hydrogens is 354 g/mol. The lowest BCUT2D eigenvalue weighted by Crippen LogP contribution is -2.38. The number of methoxy groups -OCH3 is 2. The molecule has 5 heteroatoms. The zero-order valence-electron chi connectivity index (χ0n) is 16.9. The van der Waals surface area contributed by atoms with Crippen molar-refractivity contribution in [3.8, 4) is 5.75 Å². The van der Waals surface area contributed by atoms with E-state index in [4.69, 9.17) is 9.47 Å². The van der Waals surface area contributed by atoms with Crippen LogP contribution >= 0.6 is 0 Å². The summed E-state index contributed by atoms with van der Waals surface area (Å²) >= 11 is 0. The van der Waals surface area contributed by atoms with E-state index in [1.54, 1.807) is 18.9 Å². The third-order valence-corrected chi connectivity index (χ3v) is 4.75. The molecule has 0 saturated carbocycles. The van der Waals surface area contributed by atoms with Crippen LogP contribution in [0.5, 0.6) is 5.75 Å². The SMILES string of the molecule is COC(=O)C(C)CN(CCc1ccc(OC)cc1)C(=O)CCc1ccccc1. The maximum atomic E-state index is 12.8. The standard InChI is InChI=1S/C23H29NO4/c1-18(23(26)28-3)17-24(16-15-20-9-12-21(27-2)13-10-20)22(25)14-11-19-7-5-4-6-8-19/h4-10,12-13,18H,11,14-17H2,1-3H3. The molecule has 0 N–H and O–H groups in total. The normalized spacial score (nSPS) is 11.5. The summed E-state index contributed by atoms with van der Waals surface area (Å²) in [4.78, 5) is 26.4. The van der Waals surface area contributed by atoms with Crippen LogP contribution in [0.4, 0.5) is 0 Å². The van der Waals surface area contributed by atoms with Gasteiger partial charge in [-0.15, -0.1) is 0 Å². The number of carbonyl (C=O) groups is 2. The Hall–Kier alpha value is -2.82. The summed E-state index contributed by atoms with van der Waals surface area (Å²) in [5.74, 6) is 0.193. The van der Waals surface area contributed by atoms with Crippen LogP contribution in [0.1, 0.15) is 24.5 Å². The van der Waals surface area contributed by atoms with Crippen LogP contribution in [0.3, 0.4) is 0 Å². The fourth-order valence-corrected chi connectivity index (χ4v) is 3.03. The first kappa shape index (κ1) is 21.5. The Labute approximate surface area is 167 Å². The summed E-state index contributed by atoms with van der Waals surface area (Å²) in [6.07, 6.45) is 1.82. The van der Waals surface area contributed by atoms with Gasteiger partial charge in [0.15, 0.2) is 0 Å². The van der Waals surface area contributed by atoms with Gasteiger partial charge in [0.25, 0.3) is 0 Å². The van der Waals surface area contributed by atoms with Crippen molar-refractivity contribution in [3.05, 3.63) is 65.7 Å². The predicted molar refractivity (Wildman–Crippen MR) is 109 cm³/mol. The highest BCUT2D eigenvalue weighted by molar-refractivity contribution is 5.78. The summed E-state index contributed by atoms with van der Waals surface area (Å²) in [6, 6.07) is 17.8. The second-order valence-electron chi connectivity index (χ2n) is 6.85. The molecule has 28 heavy (non-hydrogen) atoms. The second kappa shape index (κ2) is 11.1. The Bertz CT molecular complexity index is 743. The summed E-state index contributed by atoms with van der Waals surface area (Å²) in [6.45, 7) is 2.70. The third-order valence-electron chi connectivity index (χ3n) is 4.75. The third kappa shape index (κ3) is 6.72. The summed E-state index contributed by atoms with van der Waals surface area (Å²) in [7, 11) is 3.01. The zero-order chi connectivity index (χ0) is 20.4. The number of benzene rings is 2. The molecule has 0 heterocycles. The van der Waals surface area contributed by atoms with Gasteiger partial charge in [-0.25, -0.2) is 0 Å². The molecule has 2 aromatic carbocycles. The average molecular weight is 383 g/mol. The van der Waals surface area contributed by atoms with Gasteiger partial charge in [-0.3, -0.25) is 9.59 Å². The van der Waals surface area contributed by atoms with E-state index in [9.17, 15) is 9.59 Å². The highest BCUT2D eigenvalue weighted by atomic mass is 16.5. The number of hydrogen-bond acceptors (Lipinski definition) is 4. The van der Waals surface area contributed by atoms with E-state index < -0.39 is 0 Å². The Morgan fingerprint density at radius 2 is 1.57 bits per heavy atom. The summed E-state index contributed by atoms with van der Waals surface area (Å²) in [5.41, 5.74) is 2.25. The number of hydrogen-bond donors (Lipinski definition) is 0. The van der Waals surface area contributed by atoms with Crippen LogP contribution < -0.4 is 4.74 Å². The van der Waals surface area contributed by atoms with Gasteiger partial charge in [-0.05, 0) is 36.1 Å². The molecule has 0 aliphatic rings. The highest BCUT2D eigenvalue weighted by Gasteiger charge is 2.21. The van der Waals surface area contributed by atoms with E-state index in [-0.39, 0.29) is 17.8 Å². The van der Waals surface area contributed by atoms with E-state index in [1.165, 1.54) is 7.11 Å². The van der Waals surface area contributed by atoms with Gasteiger partial charge in [-0.1, -0.05) is 49.4 Å². The topological polar surface area (TPSA) is 55.8 Å². The lowest BCUT2D eigenvalue weighted by Gasteiger charge is -2.25. The molecule has 0 aromatic heterocycles. The molecule has 0 saturated heterocycles. The highest BCUT2D eigenvalue weighted by Crippen LogP contribution is 2.14. The van der Waals surface area contributed by atoms with Crippen molar-refractivity contribution in [3.63, 3.8) is 0 Å². The Morgan fingerprint density at radius 1 is 0.929 bits per heavy atom. The predicted octanol–water partition coefficient (Wildman–Crippen LogP) is 3.51. The first-order chi connectivity index (χ1) is 13.5. The second-order valence-corrected chi connectivity index (χ2v) is 6.85. The summed E-state index contributed by atoms with van der Waals surface area (Å²) in [5, 5.41) is 0. The molecular formula is C23H29NO4. The molecule has 150 valence electrons. The smallest absolute Gasteiger partial charge is 0.310 e. The number of esters is 1. The molecule has 1 amide bonds.